The third-order valence-electron chi connectivity index (χ3n) is 3.85. The van der Waals surface area contributed by atoms with Gasteiger partial charge in [0.1, 0.15) is 0 Å². The van der Waals surface area contributed by atoms with Crippen LogP contribution in [0.5, 0.6) is 0 Å². The third kappa shape index (κ3) is 3.30. The zero-order valence-electron chi connectivity index (χ0n) is 12.4. The van der Waals surface area contributed by atoms with Crippen molar-refractivity contribution in [1.82, 2.24) is 0 Å². The van der Waals surface area contributed by atoms with Crippen molar-refractivity contribution in [2.45, 2.75) is 0 Å². The number of anilines is 1. The van der Waals surface area contributed by atoms with Crippen molar-refractivity contribution < 1.29 is 9.84 Å². The van der Waals surface area contributed by atoms with Gasteiger partial charge >= 0.3 is 0 Å². The molecule has 2 aromatic carbocycles. The minimum atomic E-state index is -0.153. The number of para-hydroxylation sites is 1. The molecule has 1 fully saturated rings. The first kappa shape index (κ1) is 14.6. The Labute approximate surface area is 130 Å². The summed E-state index contributed by atoms with van der Waals surface area (Å²) in [6.07, 6.45) is 0. The number of ether oxygens (including phenoxy) is 1. The summed E-state index contributed by atoms with van der Waals surface area (Å²) in [5.41, 5.74) is 2.79. The molecule has 1 saturated heterocycles. The summed E-state index contributed by atoms with van der Waals surface area (Å²) in [5, 5.41) is 12.9. The molecule has 2 aromatic rings. The van der Waals surface area contributed by atoms with E-state index in [1.54, 1.807) is 0 Å². The van der Waals surface area contributed by atoms with Crippen LogP contribution in [-0.2, 0) is 4.74 Å². The maximum absolute atomic E-state index is 9.49. The second-order valence-corrected chi connectivity index (χ2v) is 5.67. The van der Waals surface area contributed by atoms with Crippen LogP contribution in [0.1, 0.15) is 11.1 Å². The minimum Gasteiger partial charge on any atom is -0.396 e. The van der Waals surface area contributed by atoms with Crippen LogP contribution >= 0.6 is 0 Å². The Morgan fingerprint density at radius 1 is 1.00 bits per heavy atom. The topological polar surface area (TPSA) is 41.5 Å². The summed E-state index contributed by atoms with van der Waals surface area (Å²) in [4.78, 5) is 0. The predicted octanol–water partition coefficient (Wildman–Crippen LogP) is 2.51. The molecule has 0 amide bonds. The summed E-state index contributed by atoms with van der Waals surface area (Å²) < 4.78 is 5.23. The minimum absolute atomic E-state index is 0.137. The van der Waals surface area contributed by atoms with Gasteiger partial charge in [-0.3, -0.25) is 0 Å². The van der Waals surface area contributed by atoms with Gasteiger partial charge < -0.3 is 15.2 Å². The Hall–Kier alpha value is -2.28. The molecular formula is C19H19NO2. The van der Waals surface area contributed by atoms with Gasteiger partial charge in [0.25, 0.3) is 0 Å². The van der Waals surface area contributed by atoms with Gasteiger partial charge in [0, 0.05) is 23.4 Å². The first-order chi connectivity index (χ1) is 10.8. The first-order valence-electron chi connectivity index (χ1n) is 7.40. The van der Waals surface area contributed by atoms with E-state index in [0.29, 0.717) is 19.8 Å². The molecule has 2 N–H and O–H groups in total. The van der Waals surface area contributed by atoms with Gasteiger partial charge in [-0.25, -0.2) is 0 Å². The SMILES string of the molecule is OCC1(CNc2ccccc2C#Cc2ccccc2)COC1. The molecule has 0 bridgehead atoms. The highest BCUT2D eigenvalue weighted by atomic mass is 16.5. The third-order valence-corrected chi connectivity index (χ3v) is 3.85. The van der Waals surface area contributed by atoms with Crippen molar-refractivity contribution in [2.24, 2.45) is 5.41 Å². The van der Waals surface area contributed by atoms with Gasteiger partial charge in [-0.1, -0.05) is 42.2 Å². The molecule has 22 heavy (non-hydrogen) atoms. The van der Waals surface area contributed by atoms with E-state index in [1.165, 1.54) is 0 Å². The van der Waals surface area contributed by atoms with E-state index in [-0.39, 0.29) is 12.0 Å². The van der Waals surface area contributed by atoms with Gasteiger partial charge in [-0.05, 0) is 24.3 Å². The summed E-state index contributed by atoms with van der Waals surface area (Å²) in [6, 6.07) is 17.9. The fourth-order valence-electron chi connectivity index (χ4n) is 2.33. The van der Waals surface area contributed by atoms with E-state index in [1.807, 2.05) is 54.6 Å². The molecule has 1 aliphatic heterocycles. The number of rotatable bonds is 4. The van der Waals surface area contributed by atoms with Gasteiger partial charge in [0.05, 0.1) is 25.2 Å². The Morgan fingerprint density at radius 3 is 2.41 bits per heavy atom. The smallest absolute Gasteiger partial charge is 0.0584 e. The molecule has 0 spiro atoms. The van der Waals surface area contributed by atoms with Crippen LogP contribution < -0.4 is 5.32 Å². The highest BCUT2D eigenvalue weighted by Gasteiger charge is 2.37. The van der Waals surface area contributed by atoms with E-state index in [2.05, 4.69) is 17.2 Å². The lowest BCUT2D eigenvalue weighted by atomic mass is 9.87. The molecule has 0 radical (unpaired) electrons. The van der Waals surface area contributed by atoms with Crippen molar-refractivity contribution >= 4 is 5.69 Å². The Bertz CT molecular complexity index is 676. The molecule has 0 aliphatic carbocycles. The largest absolute Gasteiger partial charge is 0.396 e. The Kier molecular flexibility index (Phi) is 4.43. The van der Waals surface area contributed by atoms with E-state index < -0.39 is 0 Å². The zero-order chi connectivity index (χ0) is 15.3. The average Bonchev–Trinajstić information content (AvgIpc) is 2.54. The molecule has 0 atom stereocenters. The molecule has 1 heterocycles. The van der Waals surface area contributed by atoms with Crippen LogP contribution in [0.25, 0.3) is 0 Å². The van der Waals surface area contributed by atoms with Gasteiger partial charge in [-0.2, -0.15) is 0 Å². The predicted molar refractivity (Wildman–Crippen MR) is 87.7 cm³/mol. The lowest BCUT2D eigenvalue weighted by Crippen LogP contribution is -2.50. The summed E-state index contributed by atoms with van der Waals surface area (Å²) >= 11 is 0. The molecule has 0 aromatic heterocycles. The highest BCUT2D eigenvalue weighted by Crippen LogP contribution is 2.27. The van der Waals surface area contributed by atoms with Gasteiger partial charge in [0.2, 0.25) is 0 Å². The van der Waals surface area contributed by atoms with E-state index in [9.17, 15) is 5.11 Å². The van der Waals surface area contributed by atoms with E-state index in [0.717, 1.165) is 16.8 Å². The van der Waals surface area contributed by atoms with Crippen LogP contribution in [-0.4, -0.2) is 31.5 Å². The van der Waals surface area contributed by atoms with E-state index in [4.69, 9.17) is 4.74 Å². The Morgan fingerprint density at radius 2 is 1.73 bits per heavy atom. The van der Waals surface area contributed by atoms with Crippen LogP contribution in [0.3, 0.4) is 0 Å². The lowest BCUT2D eigenvalue weighted by molar-refractivity contribution is -0.128. The number of nitrogens with one attached hydrogen (secondary N) is 1. The maximum Gasteiger partial charge on any atom is 0.0584 e. The normalized spacial score (nSPS) is 15.3. The van der Waals surface area contributed by atoms with Crippen LogP contribution in [0.15, 0.2) is 54.6 Å². The molecular weight excluding hydrogens is 274 g/mol. The lowest BCUT2D eigenvalue weighted by Gasteiger charge is -2.40. The summed E-state index contributed by atoms with van der Waals surface area (Å²) in [6.45, 7) is 2.04. The van der Waals surface area contributed by atoms with Crippen LogP contribution in [0.4, 0.5) is 5.69 Å². The Balaban J connectivity index is 1.74. The standard InChI is InChI=1S/C19H19NO2/c21-13-19(14-22-15-19)12-20-18-9-5-4-8-17(18)11-10-16-6-2-1-3-7-16/h1-9,20-21H,12-15H2. The molecule has 3 heteroatoms. The number of hydrogen-bond donors (Lipinski definition) is 2. The average molecular weight is 293 g/mol. The number of benzene rings is 2. The monoisotopic (exact) mass is 293 g/mol. The molecule has 3 rings (SSSR count). The number of aliphatic hydroxyl groups is 1. The quantitative estimate of drug-likeness (QED) is 0.851. The van der Waals surface area contributed by atoms with Crippen molar-refractivity contribution in [3.63, 3.8) is 0 Å². The van der Waals surface area contributed by atoms with Crippen molar-refractivity contribution in [1.29, 1.82) is 0 Å². The zero-order valence-corrected chi connectivity index (χ0v) is 12.4. The second-order valence-electron chi connectivity index (χ2n) is 5.67. The van der Waals surface area contributed by atoms with Crippen LogP contribution in [0, 0.1) is 17.3 Å². The summed E-state index contributed by atoms with van der Waals surface area (Å²) in [7, 11) is 0. The van der Waals surface area contributed by atoms with E-state index >= 15 is 0 Å². The highest BCUT2D eigenvalue weighted by molar-refractivity contribution is 5.60. The van der Waals surface area contributed by atoms with Gasteiger partial charge in [-0.15, -0.1) is 0 Å². The number of aliphatic hydroxyl groups excluding tert-OH is 1. The molecule has 0 unspecified atom stereocenters. The second kappa shape index (κ2) is 6.65. The number of hydrogen-bond acceptors (Lipinski definition) is 3. The fourth-order valence-corrected chi connectivity index (χ4v) is 2.33. The molecule has 3 nitrogen and oxygen atoms in total. The molecule has 1 aliphatic rings. The maximum atomic E-state index is 9.49. The van der Waals surface area contributed by atoms with Crippen molar-refractivity contribution in [3.8, 4) is 11.8 Å². The van der Waals surface area contributed by atoms with Crippen molar-refractivity contribution in [3.05, 3.63) is 65.7 Å². The molecule has 112 valence electrons. The van der Waals surface area contributed by atoms with Gasteiger partial charge in [0.15, 0.2) is 0 Å². The first-order valence-corrected chi connectivity index (χ1v) is 7.40. The van der Waals surface area contributed by atoms with Crippen LogP contribution in [0.2, 0.25) is 0 Å². The molecule has 0 saturated carbocycles. The summed E-state index contributed by atoms with van der Waals surface area (Å²) in [5.74, 6) is 6.39. The van der Waals surface area contributed by atoms with Crippen molar-refractivity contribution in [2.75, 3.05) is 31.7 Å². The fraction of sp³-hybridized carbons (Fsp3) is 0.263.